The topological polar surface area (TPSA) is 29.5 Å². The lowest BCUT2D eigenvalue weighted by molar-refractivity contribution is -0.138. The summed E-state index contributed by atoms with van der Waals surface area (Å²) in [5.74, 6) is 0.235. The Morgan fingerprint density at radius 3 is 3.08 bits per heavy atom. The third kappa shape index (κ3) is 3.27. The largest absolute Gasteiger partial charge is 0.375 e. The maximum Gasteiger partial charge on any atom is 0.223 e. The number of rotatable bonds is 3. The summed E-state index contributed by atoms with van der Waals surface area (Å²) >= 11 is 3.27. The highest BCUT2D eigenvalue weighted by molar-refractivity contribution is 9.09. The minimum Gasteiger partial charge on any atom is -0.375 e. The highest BCUT2D eigenvalue weighted by atomic mass is 79.9. The molecule has 1 aliphatic rings. The first-order chi connectivity index (χ1) is 6.27. The molecule has 0 spiro atoms. The fourth-order valence-electron chi connectivity index (χ4n) is 1.43. The van der Waals surface area contributed by atoms with Crippen LogP contribution in [0.2, 0.25) is 0 Å². The van der Waals surface area contributed by atoms with E-state index >= 15 is 0 Å². The number of hydrogen-bond donors (Lipinski definition) is 0. The molecular weight excluding hydrogens is 234 g/mol. The first-order valence-corrected chi connectivity index (χ1v) is 5.85. The smallest absolute Gasteiger partial charge is 0.223 e. The second kappa shape index (κ2) is 5.60. The van der Waals surface area contributed by atoms with Crippen LogP contribution >= 0.6 is 15.9 Å². The van der Waals surface area contributed by atoms with E-state index in [1.54, 1.807) is 0 Å². The quantitative estimate of drug-likeness (QED) is 0.709. The Hall–Kier alpha value is -0.0900. The van der Waals surface area contributed by atoms with Crippen molar-refractivity contribution in [2.75, 3.05) is 25.0 Å². The van der Waals surface area contributed by atoms with Crippen LogP contribution in [0.25, 0.3) is 0 Å². The lowest BCUT2D eigenvalue weighted by atomic mass is 10.2. The van der Waals surface area contributed by atoms with Gasteiger partial charge in [0.2, 0.25) is 5.91 Å². The van der Waals surface area contributed by atoms with E-state index in [2.05, 4.69) is 22.9 Å². The summed E-state index contributed by atoms with van der Waals surface area (Å²) in [5, 5.41) is 0.750. The van der Waals surface area contributed by atoms with Gasteiger partial charge >= 0.3 is 0 Å². The van der Waals surface area contributed by atoms with Crippen molar-refractivity contribution in [1.29, 1.82) is 0 Å². The summed E-state index contributed by atoms with van der Waals surface area (Å²) in [6.45, 7) is 4.29. The van der Waals surface area contributed by atoms with Crippen LogP contribution in [0.4, 0.5) is 0 Å². The number of morpholine rings is 1. The van der Waals surface area contributed by atoms with Gasteiger partial charge in [0.1, 0.15) is 0 Å². The van der Waals surface area contributed by atoms with Crippen molar-refractivity contribution in [3.8, 4) is 0 Å². The zero-order valence-electron chi connectivity index (χ0n) is 7.96. The van der Waals surface area contributed by atoms with Crippen LogP contribution in [-0.4, -0.2) is 41.9 Å². The molecule has 0 aromatic carbocycles. The van der Waals surface area contributed by atoms with Gasteiger partial charge in [-0.05, 0) is 6.42 Å². The average molecular weight is 250 g/mol. The molecule has 1 aliphatic heterocycles. The fourth-order valence-corrected chi connectivity index (χ4v) is 1.77. The van der Waals surface area contributed by atoms with Crippen molar-refractivity contribution in [3.05, 3.63) is 0 Å². The van der Waals surface area contributed by atoms with Crippen LogP contribution in [0.3, 0.4) is 0 Å². The van der Waals surface area contributed by atoms with E-state index in [1.807, 2.05) is 4.90 Å². The molecule has 0 radical (unpaired) electrons. The molecule has 1 unspecified atom stereocenters. The molecule has 1 heterocycles. The number of alkyl halides is 1. The number of nitrogens with zero attached hydrogens (tertiary/aromatic N) is 1. The van der Waals surface area contributed by atoms with Gasteiger partial charge in [-0.2, -0.15) is 0 Å². The van der Waals surface area contributed by atoms with E-state index in [0.717, 1.165) is 24.8 Å². The van der Waals surface area contributed by atoms with E-state index in [0.29, 0.717) is 13.0 Å². The summed E-state index contributed by atoms with van der Waals surface area (Å²) in [6, 6.07) is 0. The standard InChI is InChI=1S/C9H16BrNO2/c1-2-8-7-11(5-6-13-8)9(12)3-4-10/h8H,2-7H2,1H3. The van der Waals surface area contributed by atoms with Crippen molar-refractivity contribution in [2.24, 2.45) is 0 Å². The monoisotopic (exact) mass is 249 g/mol. The Morgan fingerprint density at radius 2 is 2.46 bits per heavy atom. The Bertz CT molecular complexity index is 175. The van der Waals surface area contributed by atoms with Crippen molar-refractivity contribution in [2.45, 2.75) is 25.9 Å². The van der Waals surface area contributed by atoms with Crippen molar-refractivity contribution in [1.82, 2.24) is 4.90 Å². The van der Waals surface area contributed by atoms with E-state index in [4.69, 9.17) is 4.74 Å². The zero-order valence-corrected chi connectivity index (χ0v) is 9.55. The molecule has 1 fully saturated rings. The Balaban J connectivity index is 2.37. The van der Waals surface area contributed by atoms with Gasteiger partial charge in [-0.1, -0.05) is 22.9 Å². The van der Waals surface area contributed by atoms with Crippen LogP contribution in [0.5, 0.6) is 0 Å². The maximum atomic E-state index is 11.5. The molecule has 1 saturated heterocycles. The molecule has 0 bridgehead atoms. The molecule has 1 rings (SSSR count). The fraction of sp³-hybridized carbons (Fsp3) is 0.889. The van der Waals surface area contributed by atoms with Gasteiger partial charge in [0.05, 0.1) is 12.7 Å². The molecule has 0 N–H and O–H groups in total. The van der Waals surface area contributed by atoms with Crippen LogP contribution in [0.1, 0.15) is 19.8 Å². The molecule has 1 amide bonds. The molecule has 0 aromatic rings. The van der Waals surface area contributed by atoms with Gasteiger partial charge in [-0.15, -0.1) is 0 Å². The van der Waals surface area contributed by atoms with Crippen LogP contribution in [0, 0.1) is 0 Å². The Labute approximate surface area is 87.6 Å². The summed E-state index contributed by atoms with van der Waals surface area (Å²) in [4.78, 5) is 13.4. The van der Waals surface area contributed by atoms with Crippen molar-refractivity contribution < 1.29 is 9.53 Å². The number of ether oxygens (including phenoxy) is 1. The third-order valence-corrected chi connectivity index (χ3v) is 2.65. The van der Waals surface area contributed by atoms with Gasteiger partial charge in [0.25, 0.3) is 0 Å². The van der Waals surface area contributed by atoms with Gasteiger partial charge in [-0.3, -0.25) is 4.79 Å². The molecule has 4 heteroatoms. The normalized spacial score (nSPS) is 23.2. The maximum absolute atomic E-state index is 11.5. The molecular formula is C9H16BrNO2. The molecule has 1 atom stereocenters. The molecule has 76 valence electrons. The van der Waals surface area contributed by atoms with Gasteiger partial charge < -0.3 is 9.64 Å². The highest BCUT2D eigenvalue weighted by Gasteiger charge is 2.21. The lowest BCUT2D eigenvalue weighted by Gasteiger charge is -2.32. The second-order valence-electron chi connectivity index (χ2n) is 3.18. The number of carbonyl (C=O) groups is 1. The lowest BCUT2D eigenvalue weighted by Crippen LogP contribution is -2.45. The van der Waals surface area contributed by atoms with E-state index < -0.39 is 0 Å². The van der Waals surface area contributed by atoms with E-state index in [-0.39, 0.29) is 12.0 Å². The van der Waals surface area contributed by atoms with Crippen LogP contribution in [0.15, 0.2) is 0 Å². The second-order valence-corrected chi connectivity index (χ2v) is 3.97. The highest BCUT2D eigenvalue weighted by Crippen LogP contribution is 2.09. The van der Waals surface area contributed by atoms with Gasteiger partial charge in [-0.25, -0.2) is 0 Å². The predicted octanol–water partition coefficient (Wildman–Crippen LogP) is 1.41. The average Bonchev–Trinajstić information content (AvgIpc) is 2.18. The van der Waals surface area contributed by atoms with Crippen LogP contribution < -0.4 is 0 Å². The Kier molecular flexibility index (Phi) is 4.73. The summed E-state index contributed by atoms with van der Waals surface area (Å²) < 4.78 is 5.48. The predicted molar refractivity (Wildman–Crippen MR) is 55.0 cm³/mol. The minimum atomic E-state index is 0.235. The number of carbonyl (C=O) groups excluding carboxylic acids is 1. The Morgan fingerprint density at radius 1 is 1.69 bits per heavy atom. The molecule has 0 aromatic heterocycles. The third-order valence-electron chi connectivity index (χ3n) is 2.26. The molecule has 0 saturated carbocycles. The number of halogens is 1. The molecule has 13 heavy (non-hydrogen) atoms. The number of amides is 1. The van der Waals surface area contributed by atoms with E-state index in [9.17, 15) is 4.79 Å². The number of hydrogen-bond acceptors (Lipinski definition) is 2. The zero-order chi connectivity index (χ0) is 9.68. The summed E-state index contributed by atoms with van der Waals surface area (Å²) in [6.07, 6.45) is 1.82. The summed E-state index contributed by atoms with van der Waals surface area (Å²) in [5.41, 5.74) is 0. The SMILES string of the molecule is CCC1CN(C(=O)CCBr)CCO1. The molecule has 0 aliphatic carbocycles. The van der Waals surface area contributed by atoms with Crippen molar-refractivity contribution in [3.63, 3.8) is 0 Å². The van der Waals surface area contributed by atoms with Crippen molar-refractivity contribution >= 4 is 21.8 Å². The summed E-state index contributed by atoms with van der Waals surface area (Å²) in [7, 11) is 0. The first kappa shape index (κ1) is 11.0. The minimum absolute atomic E-state index is 0.235. The van der Waals surface area contributed by atoms with Gasteiger partial charge in [0.15, 0.2) is 0 Å². The molecule has 3 nitrogen and oxygen atoms in total. The van der Waals surface area contributed by atoms with Gasteiger partial charge in [0, 0.05) is 24.8 Å². The van der Waals surface area contributed by atoms with E-state index in [1.165, 1.54) is 0 Å². The van der Waals surface area contributed by atoms with Crippen LogP contribution in [-0.2, 0) is 9.53 Å². The first-order valence-electron chi connectivity index (χ1n) is 4.73.